The molecule has 6 heteroatoms. The molecule has 1 saturated heterocycles. The minimum atomic E-state index is -0.961. The molecule has 0 radical (unpaired) electrons. The summed E-state index contributed by atoms with van der Waals surface area (Å²) < 4.78 is 13.4. The van der Waals surface area contributed by atoms with Crippen molar-refractivity contribution < 1.29 is 24.2 Å². The fraction of sp³-hybridized carbons (Fsp3) is 0.120. The standard InChI is InChI=1S/C25H20FNO4/c1-14-4-3-5-17(12-14)22-21(23(29)16-7-9-18(26)10-8-16)24(30)25(31)27(22)19-13-15(2)6-11-20(19)28/h3-13,22,28-29H,1-2H3/b23-21+. The molecule has 1 fully saturated rings. The normalized spacial score (nSPS) is 17.9. The van der Waals surface area contributed by atoms with Gasteiger partial charge in [0, 0.05) is 5.56 Å². The van der Waals surface area contributed by atoms with Gasteiger partial charge in [-0.05, 0) is 61.4 Å². The number of aromatic hydroxyl groups is 1. The van der Waals surface area contributed by atoms with Crippen molar-refractivity contribution in [2.75, 3.05) is 4.90 Å². The number of Topliss-reactive ketones (excluding diaryl/α,β-unsaturated/α-hetero) is 1. The average Bonchev–Trinajstić information content (AvgIpc) is 3.00. The highest BCUT2D eigenvalue weighted by Crippen LogP contribution is 2.45. The Kier molecular flexibility index (Phi) is 5.07. The number of rotatable bonds is 3. The molecular formula is C25H20FNO4. The molecule has 1 atom stereocenters. The zero-order valence-corrected chi connectivity index (χ0v) is 17.0. The lowest BCUT2D eigenvalue weighted by Crippen LogP contribution is -2.29. The van der Waals surface area contributed by atoms with Gasteiger partial charge in [0.15, 0.2) is 0 Å². The van der Waals surface area contributed by atoms with Gasteiger partial charge in [-0.3, -0.25) is 14.5 Å². The lowest BCUT2D eigenvalue weighted by molar-refractivity contribution is -0.132. The van der Waals surface area contributed by atoms with Crippen LogP contribution >= 0.6 is 0 Å². The lowest BCUT2D eigenvalue weighted by Gasteiger charge is -2.26. The van der Waals surface area contributed by atoms with Crippen molar-refractivity contribution in [1.82, 2.24) is 0 Å². The van der Waals surface area contributed by atoms with Gasteiger partial charge in [0.05, 0.1) is 17.3 Å². The van der Waals surface area contributed by atoms with Crippen LogP contribution in [0.15, 0.2) is 72.3 Å². The Hall–Kier alpha value is -3.93. The van der Waals surface area contributed by atoms with Crippen LogP contribution in [0.5, 0.6) is 5.75 Å². The molecule has 1 amide bonds. The molecule has 1 unspecified atom stereocenters. The largest absolute Gasteiger partial charge is 0.507 e. The summed E-state index contributed by atoms with van der Waals surface area (Å²) in [5.74, 6) is -2.80. The van der Waals surface area contributed by atoms with Crippen LogP contribution in [0.2, 0.25) is 0 Å². The first-order valence-electron chi connectivity index (χ1n) is 9.71. The SMILES string of the molecule is Cc1cccc(C2/C(=C(\O)c3ccc(F)cc3)C(=O)C(=O)N2c2cc(C)ccc2O)c1. The van der Waals surface area contributed by atoms with Crippen molar-refractivity contribution in [3.05, 3.63) is 100 Å². The van der Waals surface area contributed by atoms with E-state index in [4.69, 9.17) is 0 Å². The molecule has 3 aromatic carbocycles. The van der Waals surface area contributed by atoms with E-state index in [9.17, 15) is 24.2 Å². The van der Waals surface area contributed by atoms with Crippen LogP contribution in [-0.4, -0.2) is 21.9 Å². The number of benzene rings is 3. The number of anilines is 1. The number of hydrogen-bond acceptors (Lipinski definition) is 4. The van der Waals surface area contributed by atoms with Gasteiger partial charge >= 0.3 is 0 Å². The van der Waals surface area contributed by atoms with Gasteiger partial charge in [0.2, 0.25) is 0 Å². The fourth-order valence-corrected chi connectivity index (χ4v) is 3.83. The van der Waals surface area contributed by atoms with E-state index in [0.717, 1.165) is 11.1 Å². The number of hydrogen-bond donors (Lipinski definition) is 2. The molecule has 31 heavy (non-hydrogen) atoms. The Balaban J connectivity index is 1.99. The first-order valence-corrected chi connectivity index (χ1v) is 9.71. The third kappa shape index (κ3) is 3.57. The summed E-state index contributed by atoms with van der Waals surface area (Å²) in [5, 5.41) is 21.4. The monoisotopic (exact) mass is 417 g/mol. The van der Waals surface area contributed by atoms with Crippen molar-refractivity contribution in [2.24, 2.45) is 0 Å². The number of carbonyl (C=O) groups is 2. The number of aliphatic hydroxyl groups is 1. The van der Waals surface area contributed by atoms with Gasteiger partial charge in [-0.2, -0.15) is 0 Å². The highest BCUT2D eigenvalue weighted by atomic mass is 19.1. The second kappa shape index (κ2) is 7.72. The molecule has 1 heterocycles. The summed E-state index contributed by atoms with van der Waals surface area (Å²) in [5.41, 5.74) is 2.55. The molecule has 1 aliphatic rings. The van der Waals surface area contributed by atoms with Gasteiger partial charge in [-0.1, -0.05) is 35.9 Å². The van der Waals surface area contributed by atoms with E-state index in [0.29, 0.717) is 5.56 Å². The molecule has 0 spiro atoms. The van der Waals surface area contributed by atoms with Gasteiger partial charge in [0.25, 0.3) is 11.7 Å². The minimum Gasteiger partial charge on any atom is -0.507 e. The third-order valence-corrected chi connectivity index (χ3v) is 5.31. The zero-order chi connectivity index (χ0) is 22.3. The number of halogens is 1. The number of aliphatic hydroxyl groups excluding tert-OH is 1. The Morgan fingerprint density at radius 3 is 2.29 bits per heavy atom. The van der Waals surface area contributed by atoms with Crippen LogP contribution in [0.1, 0.15) is 28.3 Å². The van der Waals surface area contributed by atoms with E-state index in [1.807, 2.05) is 19.1 Å². The third-order valence-electron chi connectivity index (χ3n) is 5.31. The number of phenols is 1. The number of aryl methyl sites for hydroxylation is 2. The van der Waals surface area contributed by atoms with Crippen molar-refractivity contribution in [3.63, 3.8) is 0 Å². The summed E-state index contributed by atoms with van der Waals surface area (Å²) in [6.45, 7) is 3.68. The van der Waals surface area contributed by atoms with Crippen LogP contribution in [0.25, 0.3) is 5.76 Å². The summed E-state index contributed by atoms with van der Waals surface area (Å²) >= 11 is 0. The second-order valence-electron chi connectivity index (χ2n) is 7.58. The van der Waals surface area contributed by atoms with Crippen LogP contribution in [0.3, 0.4) is 0 Å². The molecule has 156 valence electrons. The molecule has 1 aliphatic heterocycles. The average molecular weight is 417 g/mol. The van der Waals surface area contributed by atoms with E-state index < -0.39 is 29.3 Å². The molecule has 5 nitrogen and oxygen atoms in total. The Morgan fingerprint density at radius 2 is 1.61 bits per heavy atom. The number of ketones is 1. The highest BCUT2D eigenvalue weighted by Gasteiger charge is 2.47. The van der Waals surface area contributed by atoms with E-state index in [2.05, 4.69) is 0 Å². The Labute approximate surface area is 178 Å². The van der Waals surface area contributed by atoms with Gasteiger partial charge in [-0.15, -0.1) is 0 Å². The molecule has 2 N–H and O–H groups in total. The van der Waals surface area contributed by atoms with Crippen LogP contribution in [0, 0.1) is 19.7 Å². The van der Waals surface area contributed by atoms with E-state index in [-0.39, 0.29) is 22.6 Å². The van der Waals surface area contributed by atoms with Gasteiger partial charge in [0.1, 0.15) is 17.3 Å². The lowest BCUT2D eigenvalue weighted by atomic mass is 9.94. The maximum Gasteiger partial charge on any atom is 0.300 e. The second-order valence-corrected chi connectivity index (χ2v) is 7.58. The minimum absolute atomic E-state index is 0.122. The summed E-state index contributed by atoms with van der Waals surface area (Å²) in [4.78, 5) is 27.4. The maximum atomic E-state index is 13.4. The zero-order valence-electron chi connectivity index (χ0n) is 17.0. The summed E-state index contributed by atoms with van der Waals surface area (Å²) in [7, 11) is 0. The molecule has 0 aromatic heterocycles. The molecule has 0 aliphatic carbocycles. The number of nitrogens with zero attached hydrogens (tertiary/aromatic N) is 1. The van der Waals surface area contributed by atoms with Crippen molar-refractivity contribution in [2.45, 2.75) is 19.9 Å². The first kappa shape index (κ1) is 20.3. The molecule has 0 saturated carbocycles. The Morgan fingerprint density at radius 1 is 0.935 bits per heavy atom. The molecule has 3 aromatic rings. The Bertz CT molecular complexity index is 1230. The van der Waals surface area contributed by atoms with Crippen molar-refractivity contribution >= 4 is 23.1 Å². The summed E-state index contributed by atoms with van der Waals surface area (Å²) in [6, 6.07) is 16.0. The molecule has 0 bridgehead atoms. The van der Waals surface area contributed by atoms with Gasteiger partial charge in [-0.25, -0.2) is 4.39 Å². The first-order chi connectivity index (χ1) is 14.8. The predicted octanol–water partition coefficient (Wildman–Crippen LogP) is 4.77. The van der Waals surface area contributed by atoms with Crippen LogP contribution < -0.4 is 4.90 Å². The predicted molar refractivity (Wildman–Crippen MR) is 115 cm³/mol. The summed E-state index contributed by atoms with van der Waals surface area (Å²) in [6.07, 6.45) is 0. The fourth-order valence-electron chi connectivity index (χ4n) is 3.83. The van der Waals surface area contributed by atoms with Crippen LogP contribution in [0.4, 0.5) is 10.1 Å². The topological polar surface area (TPSA) is 77.8 Å². The van der Waals surface area contributed by atoms with Gasteiger partial charge < -0.3 is 10.2 Å². The number of phenolic OH excluding ortho intramolecular Hbond substituents is 1. The van der Waals surface area contributed by atoms with Crippen molar-refractivity contribution in [3.8, 4) is 5.75 Å². The maximum absolute atomic E-state index is 13.4. The van der Waals surface area contributed by atoms with E-state index in [1.165, 1.54) is 35.2 Å². The van der Waals surface area contributed by atoms with E-state index in [1.54, 1.807) is 31.2 Å². The number of amides is 1. The van der Waals surface area contributed by atoms with E-state index >= 15 is 0 Å². The quantitative estimate of drug-likeness (QED) is 0.365. The van der Waals surface area contributed by atoms with Crippen LogP contribution in [-0.2, 0) is 9.59 Å². The molecule has 4 rings (SSSR count). The smallest absolute Gasteiger partial charge is 0.300 e. The highest BCUT2D eigenvalue weighted by molar-refractivity contribution is 6.51. The number of carbonyl (C=O) groups excluding carboxylic acids is 2. The van der Waals surface area contributed by atoms with Crippen molar-refractivity contribution in [1.29, 1.82) is 0 Å². The molecular weight excluding hydrogens is 397 g/mol.